The molecule has 0 saturated heterocycles. The third kappa shape index (κ3) is 3.87. The summed E-state index contributed by atoms with van der Waals surface area (Å²) in [4.78, 5) is 0. The molecule has 99 valence electrons. The SMILES string of the molecule is [CH2][SiH2]C(C1=CC=CC=CN1)C1CCCCCCC1. The second-order valence-corrected chi connectivity index (χ2v) is 6.97. The molecule has 0 spiro atoms. The van der Waals surface area contributed by atoms with E-state index in [0.29, 0.717) is 0 Å². The molecule has 1 N–H and O–H groups in total. The molecule has 2 aliphatic rings. The van der Waals surface area contributed by atoms with Crippen LogP contribution in [-0.4, -0.2) is 9.52 Å². The van der Waals surface area contributed by atoms with Crippen LogP contribution in [0.2, 0.25) is 5.54 Å². The molecular formula is C16H26NSi. The monoisotopic (exact) mass is 260 g/mol. The van der Waals surface area contributed by atoms with E-state index in [1.807, 2.05) is 0 Å². The highest BCUT2D eigenvalue weighted by Gasteiger charge is 2.23. The summed E-state index contributed by atoms with van der Waals surface area (Å²) in [5.41, 5.74) is 2.17. The van der Waals surface area contributed by atoms with Gasteiger partial charge >= 0.3 is 0 Å². The Morgan fingerprint density at radius 2 is 1.78 bits per heavy atom. The van der Waals surface area contributed by atoms with Crippen molar-refractivity contribution in [1.29, 1.82) is 0 Å². The molecule has 1 aliphatic heterocycles. The van der Waals surface area contributed by atoms with E-state index in [9.17, 15) is 0 Å². The van der Waals surface area contributed by atoms with Gasteiger partial charge in [0.15, 0.2) is 0 Å². The van der Waals surface area contributed by atoms with Crippen LogP contribution in [0.5, 0.6) is 0 Å². The maximum absolute atomic E-state index is 4.33. The molecular weight excluding hydrogens is 234 g/mol. The average molecular weight is 260 g/mol. The zero-order chi connectivity index (χ0) is 12.6. The van der Waals surface area contributed by atoms with Crippen molar-refractivity contribution in [2.75, 3.05) is 0 Å². The van der Waals surface area contributed by atoms with E-state index in [2.05, 4.69) is 42.4 Å². The van der Waals surface area contributed by atoms with Crippen molar-refractivity contribution in [2.24, 2.45) is 5.92 Å². The highest BCUT2D eigenvalue weighted by Crippen LogP contribution is 2.35. The van der Waals surface area contributed by atoms with Gasteiger partial charge in [-0.2, -0.15) is 0 Å². The van der Waals surface area contributed by atoms with Gasteiger partial charge < -0.3 is 5.32 Å². The van der Waals surface area contributed by atoms with Crippen LogP contribution in [0.3, 0.4) is 0 Å². The first kappa shape index (κ1) is 13.7. The van der Waals surface area contributed by atoms with E-state index in [1.165, 1.54) is 50.6 Å². The molecule has 1 radical (unpaired) electrons. The predicted molar refractivity (Wildman–Crippen MR) is 83.0 cm³/mol. The Balaban J connectivity index is 2.03. The summed E-state index contributed by atoms with van der Waals surface area (Å²) in [7, 11) is -0.252. The average Bonchev–Trinajstić information content (AvgIpc) is 2.61. The van der Waals surface area contributed by atoms with Gasteiger partial charge in [0.25, 0.3) is 0 Å². The Labute approximate surface area is 114 Å². The Bertz CT molecular complexity index is 322. The highest BCUT2D eigenvalue weighted by atomic mass is 28.2. The van der Waals surface area contributed by atoms with Crippen molar-refractivity contribution in [1.82, 2.24) is 5.32 Å². The van der Waals surface area contributed by atoms with Crippen molar-refractivity contribution in [3.63, 3.8) is 0 Å². The minimum atomic E-state index is -0.252. The number of rotatable bonds is 3. The number of allylic oxidation sites excluding steroid dienone is 5. The summed E-state index contributed by atoms with van der Waals surface area (Å²) < 4.78 is 0. The summed E-state index contributed by atoms with van der Waals surface area (Å²) in [5, 5.41) is 3.48. The number of hydrogen-bond donors (Lipinski definition) is 1. The zero-order valence-corrected chi connectivity index (χ0v) is 12.8. The third-order valence-corrected chi connectivity index (χ3v) is 6.00. The molecule has 0 bridgehead atoms. The Morgan fingerprint density at radius 3 is 2.50 bits per heavy atom. The first-order chi connectivity index (χ1) is 8.92. The predicted octanol–water partition coefficient (Wildman–Crippen LogP) is 3.65. The van der Waals surface area contributed by atoms with Gasteiger partial charge in [0.2, 0.25) is 0 Å². The van der Waals surface area contributed by atoms with Gasteiger partial charge in [-0.1, -0.05) is 63.6 Å². The molecule has 1 unspecified atom stereocenters. The van der Waals surface area contributed by atoms with Crippen molar-refractivity contribution in [2.45, 2.75) is 50.5 Å². The van der Waals surface area contributed by atoms with Crippen LogP contribution in [-0.2, 0) is 0 Å². The quantitative estimate of drug-likeness (QED) is 0.764. The van der Waals surface area contributed by atoms with Crippen molar-refractivity contribution < 1.29 is 0 Å². The van der Waals surface area contributed by atoms with Crippen molar-refractivity contribution >= 4 is 9.52 Å². The van der Waals surface area contributed by atoms with E-state index >= 15 is 0 Å². The van der Waals surface area contributed by atoms with Crippen molar-refractivity contribution in [3.8, 4) is 0 Å². The highest BCUT2D eigenvalue weighted by molar-refractivity contribution is 6.40. The molecule has 2 rings (SSSR count). The lowest BCUT2D eigenvalue weighted by molar-refractivity contribution is 0.372. The molecule has 18 heavy (non-hydrogen) atoms. The molecule has 1 fully saturated rings. The summed E-state index contributed by atoms with van der Waals surface area (Å²) in [6.45, 7) is 4.33. The maximum Gasteiger partial charge on any atom is 0.0306 e. The van der Waals surface area contributed by atoms with E-state index in [-0.39, 0.29) is 9.52 Å². The largest absolute Gasteiger partial charge is 0.365 e. The maximum atomic E-state index is 4.33. The van der Waals surface area contributed by atoms with E-state index < -0.39 is 0 Å². The molecule has 2 heteroatoms. The lowest BCUT2D eigenvalue weighted by Gasteiger charge is -2.29. The van der Waals surface area contributed by atoms with E-state index in [4.69, 9.17) is 0 Å². The molecule has 1 atom stereocenters. The lowest BCUT2D eigenvalue weighted by Crippen LogP contribution is -2.23. The Kier molecular flexibility index (Phi) is 5.79. The Morgan fingerprint density at radius 1 is 1.06 bits per heavy atom. The van der Waals surface area contributed by atoms with Crippen LogP contribution in [0, 0.1) is 12.5 Å². The second kappa shape index (κ2) is 7.62. The summed E-state index contributed by atoms with van der Waals surface area (Å²) in [6.07, 6.45) is 20.7. The number of nitrogens with one attached hydrogen (secondary N) is 1. The van der Waals surface area contributed by atoms with Gasteiger partial charge in [0.05, 0.1) is 0 Å². The van der Waals surface area contributed by atoms with E-state index in [1.54, 1.807) is 0 Å². The van der Waals surface area contributed by atoms with Gasteiger partial charge in [-0.25, -0.2) is 0 Å². The van der Waals surface area contributed by atoms with Crippen LogP contribution < -0.4 is 5.32 Å². The fourth-order valence-electron chi connectivity index (χ4n) is 3.24. The molecule has 1 aliphatic carbocycles. The van der Waals surface area contributed by atoms with Crippen LogP contribution >= 0.6 is 0 Å². The standard InChI is InChI=1S/C16H26NSi/c1-18-16(15-12-8-5-9-13-17-15)14-10-6-3-2-4-7-11-14/h5,8-9,12-14,16-17H,1-4,6-7,10-11,18H2. The number of hydrogen-bond acceptors (Lipinski definition) is 1. The summed E-state index contributed by atoms with van der Waals surface area (Å²) in [6, 6.07) is 0. The van der Waals surface area contributed by atoms with Crippen LogP contribution in [0.25, 0.3) is 0 Å². The minimum Gasteiger partial charge on any atom is -0.365 e. The van der Waals surface area contributed by atoms with Crippen molar-refractivity contribution in [3.05, 3.63) is 42.7 Å². The molecule has 0 aromatic rings. The lowest BCUT2D eigenvalue weighted by atomic mass is 9.87. The van der Waals surface area contributed by atoms with E-state index in [0.717, 1.165) is 11.5 Å². The van der Waals surface area contributed by atoms with Gasteiger partial charge in [-0.05, 0) is 23.6 Å². The summed E-state index contributed by atoms with van der Waals surface area (Å²) >= 11 is 0. The van der Waals surface area contributed by atoms with Crippen LogP contribution in [0.15, 0.2) is 36.2 Å². The molecule has 0 aromatic carbocycles. The first-order valence-electron chi connectivity index (χ1n) is 7.51. The van der Waals surface area contributed by atoms with Crippen LogP contribution in [0.1, 0.15) is 44.9 Å². The molecule has 0 amide bonds. The zero-order valence-electron chi connectivity index (χ0n) is 11.4. The molecule has 1 saturated carbocycles. The second-order valence-electron chi connectivity index (χ2n) is 5.51. The van der Waals surface area contributed by atoms with Crippen LogP contribution in [0.4, 0.5) is 0 Å². The third-order valence-electron chi connectivity index (χ3n) is 4.27. The van der Waals surface area contributed by atoms with Gasteiger partial charge in [0, 0.05) is 21.4 Å². The summed E-state index contributed by atoms with van der Waals surface area (Å²) in [5.74, 6) is 0.883. The molecule has 1 nitrogen and oxygen atoms in total. The van der Waals surface area contributed by atoms with Gasteiger partial charge in [0.1, 0.15) is 0 Å². The first-order valence-corrected chi connectivity index (χ1v) is 9.32. The smallest absolute Gasteiger partial charge is 0.0306 e. The molecule has 1 heterocycles. The fraction of sp³-hybridized carbons (Fsp3) is 0.562. The Hall–Kier alpha value is -0.763. The minimum absolute atomic E-state index is 0.252. The van der Waals surface area contributed by atoms with Gasteiger partial charge in [-0.3, -0.25) is 0 Å². The topological polar surface area (TPSA) is 12.0 Å². The van der Waals surface area contributed by atoms with Gasteiger partial charge in [-0.15, -0.1) is 0 Å². The molecule has 0 aromatic heterocycles. The normalized spacial score (nSPS) is 24.2. The fourth-order valence-corrected chi connectivity index (χ4v) is 4.74.